The van der Waals surface area contributed by atoms with Crippen LogP contribution in [-0.4, -0.2) is 33.5 Å². The maximum Gasteiger partial charge on any atom is 0.355 e. The van der Waals surface area contributed by atoms with Gasteiger partial charge < -0.3 is 19.6 Å². The summed E-state index contributed by atoms with van der Waals surface area (Å²) in [7, 11) is -3.71. The van der Waals surface area contributed by atoms with Gasteiger partial charge in [0.25, 0.3) is 0 Å². The Balaban J connectivity index is 1.38. The third-order valence-corrected chi connectivity index (χ3v) is 9.00. The molecule has 46 heavy (non-hydrogen) atoms. The molecule has 6 aromatic rings. The second-order valence-electron chi connectivity index (χ2n) is 12.2. The van der Waals surface area contributed by atoms with E-state index in [2.05, 4.69) is 30.5 Å². The lowest BCUT2D eigenvalue weighted by Crippen LogP contribution is -2.24. The molecule has 6 rings (SSSR count). The van der Waals surface area contributed by atoms with Gasteiger partial charge in [0.1, 0.15) is 23.8 Å². The van der Waals surface area contributed by atoms with E-state index >= 15 is 0 Å². The summed E-state index contributed by atoms with van der Waals surface area (Å²) >= 11 is 0. The Morgan fingerprint density at radius 2 is 1.72 bits per heavy atom. The molecule has 3 aromatic carbocycles. The number of nitrogens with two attached hydrogens (primary N) is 1. The molecule has 0 bridgehead atoms. The van der Waals surface area contributed by atoms with E-state index in [1.807, 2.05) is 71.4 Å². The first-order chi connectivity index (χ1) is 22.0. The van der Waals surface area contributed by atoms with Crippen molar-refractivity contribution in [3.8, 4) is 0 Å². The van der Waals surface area contributed by atoms with Crippen LogP contribution in [0.3, 0.4) is 0 Å². The first kappa shape index (κ1) is 31.0. The van der Waals surface area contributed by atoms with Crippen LogP contribution in [0.1, 0.15) is 53.9 Å². The molecule has 0 unspecified atom stereocenters. The zero-order valence-electron chi connectivity index (χ0n) is 26.0. The summed E-state index contributed by atoms with van der Waals surface area (Å²) in [5.74, 6) is -0.0543. The molecule has 236 valence electrons. The van der Waals surface area contributed by atoms with Crippen LogP contribution in [0.4, 0.5) is 5.69 Å². The topological polar surface area (TPSA) is 134 Å². The predicted octanol–water partition coefficient (Wildman–Crippen LogP) is 5.95. The number of aromatic nitrogens is 4. The molecule has 0 spiro atoms. The SMILES string of the molecule is CC(C)(C)n1ccnc1COC(=O)c1cc2ccc(CN)nc2n1Cc1cc(NS(=O)(=O)Cc2ccccc2)cc2ccccc12. The van der Waals surface area contributed by atoms with Crippen molar-refractivity contribution in [2.45, 2.75) is 51.8 Å². The van der Waals surface area contributed by atoms with E-state index in [1.165, 1.54) is 0 Å². The molecular formula is C35H36N6O4S. The summed E-state index contributed by atoms with van der Waals surface area (Å²) in [6, 6.07) is 25.9. The van der Waals surface area contributed by atoms with Crippen molar-refractivity contribution in [1.29, 1.82) is 0 Å². The molecule has 0 fully saturated rings. The molecule has 0 atom stereocenters. The van der Waals surface area contributed by atoms with E-state index < -0.39 is 16.0 Å². The number of esters is 1. The second kappa shape index (κ2) is 12.4. The number of imidazole rings is 1. The van der Waals surface area contributed by atoms with Crippen LogP contribution in [0.15, 0.2) is 97.3 Å². The molecule has 3 heterocycles. The van der Waals surface area contributed by atoms with Gasteiger partial charge >= 0.3 is 5.97 Å². The number of ether oxygens (including phenoxy) is 1. The predicted molar refractivity (Wildman–Crippen MR) is 180 cm³/mol. The Kier molecular flexibility index (Phi) is 8.37. The summed E-state index contributed by atoms with van der Waals surface area (Å²) in [5.41, 5.74) is 9.16. The first-order valence-corrected chi connectivity index (χ1v) is 16.6. The van der Waals surface area contributed by atoms with Crippen molar-refractivity contribution in [1.82, 2.24) is 19.1 Å². The van der Waals surface area contributed by atoms with Gasteiger partial charge in [-0.3, -0.25) is 4.72 Å². The van der Waals surface area contributed by atoms with Crippen LogP contribution < -0.4 is 10.5 Å². The van der Waals surface area contributed by atoms with E-state index in [0.29, 0.717) is 34.1 Å². The number of nitrogens with zero attached hydrogens (tertiary/aromatic N) is 4. The first-order valence-electron chi connectivity index (χ1n) is 15.0. The van der Waals surface area contributed by atoms with Crippen LogP contribution in [0.5, 0.6) is 0 Å². The number of rotatable bonds is 10. The van der Waals surface area contributed by atoms with Gasteiger partial charge in [-0.2, -0.15) is 0 Å². The fourth-order valence-corrected chi connectivity index (χ4v) is 6.81. The van der Waals surface area contributed by atoms with Crippen LogP contribution in [0.2, 0.25) is 0 Å². The number of carbonyl (C=O) groups is 1. The lowest BCUT2D eigenvalue weighted by atomic mass is 10.0. The Morgan fingerprint density at radius 3 is 2.48 bits per heavy atom. The maximum atomic E-state index is 13.7. The molecule has 3 aromatic heterocycles. The Morgan fingerprint density at radius 1 is 0.957 bits per heavy atom. The number of sulfonamides is 1. The lowest BCUT2D eigenvalue weighted by Gasteiger charge is -2.23. The van der Waals surface area contributed by atoms with Gasteiger partial charge in [0.05, 0.1) is 18.0 Å². The molecule has 0 saturated carbocycles. The molecule has 11 heteroatoms. The van der Waals surface area contributed by atoms with E-state index in [0.717, 1.165) is 21.7 Å². The highest BCUT2D eigenvalue weighted by Gasteiger charge is 2.23. The number of pyridine rings is 1. The van der Waals surface area contributed by atoms with E-state index in [9.17, 15) is 13.2 Å². The number of anilines is 1. The maximum absolute atomic E-state index is 13.7. The van der Waals surface area contributed by atoms with Crippen molar-refractivity contribution in [2.75, 3.05) is 4.72 Å². The molecule has 0 aliphatic heterocycles. The fourth-order valence-electron chi connectivity index (χ4n) is 5.62. The Labute approximate surface area is 267 Å². The fraction of sp³-hybridized carbons (Fsp3) is 0.229. The molecule has 0 aliphatic rings. The summed E-state index contributed by atoms with van der Waals surface area (Å²) in [5, 5.41) is 2.52. The quantitative estimate of drug-likeness (QED) is 0.178. The van der Waals surface area contributed by atoms with Crippen molar-refractivity contribution in [3.05, 3.63) is 126 Å². The van der Waals surface area contributed by atoms with Crippen LogP contribution in [0.25, 0.3) is 21.8 Å². The average molecular weight is 637 g/mol. The summed E-state index contributed by atoms with van der Waals surface area (Å²) in [4.78, 5) is 22.9. The minimum atomic E-state index is -3.71. The second-order valence-corrected chi connectivity index (χ2v) is 13.9. The number of hydrogen-bond donors (Lipinski definition) is 2. The number of carbonyl (C=O) groups excluding carboxylic acids is 1. The number of fused-ring (bicyclic) bond motifs is 2. The molecule has 10 nitrogen and oxygen atoms in total. The molecule has 3 N–H and O–H groups in total. The summed E-state index contributed by atoms with van der Waals surface area (Å²) in [6.07, 6.45) is 3.56. The third-order valence-electron chi connectivity index (χ3n) is 7.74. The van der Waals surface area contributed by atoms with E-state index in [1.54, 1.807) is 35.0 Å². The van der Waals surface area contributed by atoms with Crippen LogP contribution in [-0.2, 0) is 45.7 Å². The van der Waals surface area contributed by atoms with Gasteiger partial charge in [0.2, 0.25) is 10.0 Å². The lowest BCUT2D eigenvalue weighted by molar-refractivity contribution is 0.0441. The van der Waals surface area contributed by atoms with Crippen molar-refractivity contribution in [2.24, 2.45) is 5.73 Å². The zero-order chi connectivity index (χ0) is 32.5. The van der Waals surface area contributed by atoms with E-state index in [4.69, 9.17) is 15.5 Å². The standard InChI is InChI=1S/C35H36N6O4S/c1-35(2,3)41-16-15-37-32(41)22-45-34(42)31-19-26-13-14-28(20-36)38-33(26)40(31)21-27-18-29(17-25-11-7-8-12-30(25)27)39-46(43,44)23-24-9-5-4-6-10-24/h4-19,39H,20-23,36H2,1-3H3. The van der Waals surface area contributed by atoms with Crippen molar-refractivity contribution >= 4 is 43.5 Å². The Bertz CT molecular complexity index is 2150. The smallest absolute Gasteiger partial charge is 0.355 e. The highest BCUT2D eigenvalue weighted by atomic mass is 32.2. The molecule has 0 radical (unpaired) electrons. The normalized spacial score (nSPS) is 12.1. The highest BCUT2D eigenvalue weighted by Crippen LogP contribution is 2.29. The monoisotopic (exact) mass is 636 g/mol. The minimum Gasteiger partial charge on any atom is -0.453 e. The zero-order valence-corrected chi connectivity index (χ0v) is 26.8. The summed E-state index contributed by atoms with van der Waals surface area (Å²) < 4.78 is 38.7. The number of nitrogens with one attached hydrogen (secondary N) is 1. The van der Waals surface area contributed by atoms with Gasteiger partial charge in [-0.1, -0.05) is 54.6 Å². The van der Waals surface area contributed by atoms with Gasteiger partial charge in [0, 0.05) is 35.6 Å². The van der Waals surface area contributed by atoms with Crippen molar-refractivity contribution < 1.29 is 17.9 Å². The Hall–Kier alpha value is -5.00. The molecule has 0 aliphatic carbocycles. The van der Waals surface area contributed by atoms with Gasteiger partial charge in [0.15, 0.2) is 0 Å². The van der Waals surface area contributed by atoms with Gasteiger partial charge in [-0.25, -0.2) is 23.2 Å². The largest absolute Gasteiger partial charge is 0.453 e. The average Bonchev–Trinajstić information content (AvgIpc) is 3.65. The van der Waals surface area contributed by atoms with Crippen molar-refractivity contribution in [3.63, 3.8) is 0 Å². The highest BCUT2D eigenvalue weighted by molar-refractivity contribution is 7.91. The van der Waals surface area contributed by atoms with Gasteiger partial charge in [-0.15, -0.1) is 0 Å². The molecule has 0 amide bonds. The number of benzene rings is 3. The van der Waals surface area contributed by atoms with E-state index in [-0.39, 0.29) is 31.0 Å². The van der Waals surface area contributed by atoms with Crippen LogP contribution in [0, 0.1) is 0 Å². The van der Waals surface area contributed by atoms with Crippen LogP contribution >= 0.6 is 0 Å². The molecular weight excluding hydrogens is 600 g/mol. The third kappa shape index (κ3) is 6.65. The minimum absolute atomic E-state index is 0.00623. The number of hydrogen-bond acceptors (Lipinski definition) is 7. The molecule has 0 saturated heterocycles. The summed E-state index contributed by atoms with van der Waals surface area (Å²) in [6.45, 7) is 6.61. The van der Waals surface area contributed by atoms with Gasteiger partial charge in [-0.05, 0) is 73.0 Å².